The molecule has 1 fully saturated rings. The van der Waals surface area contributed by atoms with E-state index in [0.29, 0.717) is 5.06 Å². The van der Waals surface area contributed by atoms with Crippen LogP contribution in [0.15, 0.2) is 48.5 Å². The van der Waals surface area contributed by atoms with E-state index >= 15 is 0 Å². The van der Waals surface area contributed by atoms with E-state index in [2.05, 4.69) is 0 Å². The summed E-state index contributed by atoms with van der Waals surface area (Å²) in [5.41, 5.74) is 3.72. The molecule has 6 nitrogen and oxygen atoms in total. The number of aromatic hydroxyl groups is 1. The smallest absolute Gasteiger partial charge is 0.337 e. The molecule has 6 heteroatoms. The fourth-order valence-electron chi connectivity index (χ4n) is 2.75. The molecule has 0 atom stereocenters. The largest absolute Gasteiger partial charge is 0.508 e. The van der Waals surface area contributed by atoms with Crippen LogP contribution in [0.3, 0.4) is 0 Å². The Balaban J connectivity index is 1.62. The molecule has 1 saturated heterocycles. The van der Waals surface area contributed by atoms with Crippen LogP contribution in [0.25, 0.3) is 11.6 Å². The maximum absolute atomic E-state index is 11.9. The second-order valence-electron chi connectivity index (χ2n) is 6.34. The Morgan fingerprint density at radius 2 is 1.63 bits per heavy atom. The molecule has 1 aliphatic rings. The highest BCUT2D eigenvalue weighted by atomic mass is 16.7. The Labute approximate surface area is 156 Å². The van der Waals surface area contributed by atoms with E-state index in [0.717, 1.165) is 22.3 Å². The molecular formula is C21H19NO5. The average Bonchev–Trinajstić information content (AvgIpc) is 2.96. The standard InChI is InChI=1S/C21H19NO5/c1-14(17-6-8-18(23)9-7-17)12-15-2-4-16(5-3-15)13-21(26)27-22-19(24)10-11-20(22)25/h2-9,12,23H,10-11,13H2,1H3/b14-12+. The lowest BCUT2D eigenvalue weighted by Gasteiger charge is -2.12. The van der Waals surface area contributed by atoms with Gasteiger partial charge in [-0.15, -0.1) is 5.06 Å². The predicted molar refractivity (Wildman–Crippen MR) is 99.0 cm³/mol. The molecule has 27 heavy (non-hydrogen) atoms. The van der Waals surface area contributed by atoms with E-state index in [1.807, 2.05) is 37.3 Å². The van der Waals surface area contributed by atoms with Gasteiger partial charge in [-0.1, -0.05) is 42.5 Å². The number of phenols is 1. The van der Waals surface area contributed by atoms with Gasteiger partial charge < -0.3 is 9.94 Å². The van der Waals surface area contributed by atoms with Crippen LogP contribution in [0.1, 0.15) is 36.5 Å². The zero-order chi connectivity index (χ0) is 19.4. The summed E-state index contributed by atoms with van der Waals surface area (Å²) in [6.45, 7) is 1.97. The molecule has 0 aromatic heterocycles. The number of hydroxylamine groups is 2. The van der Waals surface area contributed by atoms with Crippen molar-refractivity contribution in [1.29, 1.82) is 0 Å². The van der Waals surface area contributed by atoms with Gasteiger partial charge in [0.25, 0.3) is 11.8 Å². The van der Waals surface area contributed by atoms with Crippen LogP contribution in [0.4, 0.5) is 0 Å². The van der Waals surface area contributed by atoms with Gasteiger partial charge in [-0.3, -0.25) is 9.59 Å². The van der Waals surface area contributed by atoms with Crippen LogP contribution >= 0.6 is 0 Å². The molecule has 2 aromatic rings. The fourth-order valence-corrected chi connectivity index (χ4v) is 2.75. The normalized spacial score (nSPS) is 14.6. The third-order valence-electron chi connectivity index (χ3n) is 4.23. The van der Waals surface area contributed by atoms with Crippen LogP contribution in [0.5, 0.6) is 5.75 Å². The summed E-state index contributed by atoms with van der Waals surface area (Å²) in [4.78, 5) is 39.7. The number of phenolic OH excluding ortho intramolecular Hbond substituents is 1. The van der Waals surface area contributed by atoms with Crippen molar-refractivity contribution in [3.8, 4) is 5.75 Å². The Morgan fingerprint density at radius 3 is 2.22 bits per heavy atom. The van der Waals surface area contributed by atoms with E-state index in [1.54, 1.807) is 24.3 Å². The van der Waals surface area contributed by atoms with Crippen molar-refractivity contribution in [2.75, 3.05) is 0 Å². The number of carbonyl (C=O) groups is 3. The van der Waals surface area contributed by atoms with Crippen molar-refractivity contribution in [1.82, 2.24) is 5.06 Å². The zero-order valence-electron chi connectivity index (χ0n) is 14.8. The van der Waals surface area contributed by atoms with E-state index in [4.69, 9.17) is 4.84 Å². The van der Waals surface area contributed by atoms with E-state index in [1.165, 1.54) is 0 Å². The average molecular weight is 365 g/mol. The number of benzene rings is 2. The van der Waals surface area contributed by atoms with Crippen LogP contribution in [-0.2, 0) is 25.6 Å². The number of imide groups is 1. The summed E-state index contributed by atoms with van der Waals surface area (Å²) in [7, 11) is 0. The number of amides is 2. The summed E-state index contributed by atoms with van der Waals surface area (Å²) in [5.74, 6) is -1.40. The third-order valence-corrected chi connectivity index (χ3v) is 4.23. The number of nitrogens with zero attached hydrogens (tertiary/aromatic N) is 1. The van der Waals surface area contributed by atoms with Crippen LogP contribution in [0.2, 0.25) is 0 Å². The van der Waals surface area contributed by atoms with Gasteiger partial charge >= 0.3 is 5.97 Å². The molecule has 1 N–H and O–H groups in total. The summed E-state index contributed by atoms with van der Waals surface area (Å²) in [6.07, 6.45) is 2.12. The third kappa shape index (κ3) is 4.61. The number of hydrogen-bond donors (Lipinski definition) is 1. The molecule has 0 spiro atoms. The molecular weight excluding hydrogens is 346 g/mol. The first-order valence-corrected chi connectivity index (χ1v) is 8.55. The fraction of sp³-hybridized carbons (Fsp3) is 0.190. The van der Waals surface area contributed by atoms with E-state index < -0.39 is 17.8 Å². The monoisotopic (exact) mass is 365 g/mol. The lowest BCUT2D eigenvalue weighted by molar-refractivity contribution is -0.197. The molecule has 138 valence electrons. The van der Waals surface area contributed by atoms with Gasteiger partial charge in [0.1, 0.15) is 5.75 Å². The number of rotatable bonds is 5. The number of carbonyl (C=O) groups excluding carboxylic acids is 3. The van der Waals surface area contributed by atoms with Gasteiger partial charge in [0.05, 0.1) is 6.42 Å². The van der Waals surface area contributed by atoms with Crippen LogP contribution in [-0.4, -0.2) is 28.0 Å². The Bertz CT molecular complexity index is 881. The molecule has 2 aromatic carbocycles. The van der Waals surface area contributed by atoms with E-state index in [-0.39, 0.29) is 25.0 Å². The molecule has 1 aliphatic heterocycles. The highest BCUT2D eigenvalue weighted by molar-refractivity contribution is 6.01. The van der Waals surface area contributed by atoms with Crippen molar-refractivity contribution in [2.45, 2.75) is 26.2 Å². The van der Waals surface area contributed by atoms with Gasteiger partial charge in [-0.25, -0.2) is 4.79 Å². The maximum Gasteiger partial charge on any atom is 0.337 e. The maximum atomic E-state index is 11.9. The molecule has 0 bridgehead atoms. The van der Waals surface area contributed by atoms with Gasteiger partial charge in [0.15, 0.2) is 0 Å². The molecule has 3 rings (SSSR count). The molecule has 1 heterocycles. The minimum Gasteiger partial charge on any atom is -0.508 e. The van der Waals surface area contributed by atoms with Gasteiger partial charge in [-0.05, 0) is 41.3 Å². The first kappa shape index (κ1) is 18.4. The molecule has 2 amide bonds. The number of hydrogen-bond acceptors (Lipinski definition) is 5. The lowest BCUT2D eigenvalue weighted by atomic mass is 10.0. The van der Waals surface area contributed by atoms with Crippen molar-refractivity contribution in [3.63, 3.8) is 0 Å². The summed E-state index contributed by atoms with van der Waals surface area (Å²) >= 11 is 0. The summed E-state index contributed by atoms with van der Waals surface area (Å²) in [6, 6.07) is 14.3. The zero-order valence-corrected chi connectivity index (χ0v) is 14.8. The first-order valence-electron chi connectivity index (χ1n) is 8.55. The molecule has 0 unspecified atom stereocenters. The van der Waals surface area contributed by atoms with Crippen molar-refractivity contribution >= 4 is 29.4 Å². The van der Waals surface area contributed by atoms with Crippen LogP contribution < -0.4 is 0 Å². The summed E-state index contributed by atoms with van der Waals surface area (Å²) < 4.78 is 0. The van der Waals surface area contributed by atoms with Crippen molar-refractivity contribution in [3.05, 3.63) is 65.2 Å². The first-order chi connectivity index (χ1) is 12.9. The topological polar surface area (TPSA) is 83.9 Å². The van der Waals surface area contributed by atoms with E-state index in [9.17, 15) is 19.5 Å². The predicted octanol–water partition coefficient (Wildman–Crippen LogP) is 3.10. The SMILES string of the molecule is C/C(=C\c1ccc(CC(=O)ON2C(=O)CCC2=O)cc1)c1ccc(O)cc1. The second kappa shape index (κ2) is 7.86. The highest BCUT2D eigenvalue weighted by Gasteiger charge is 2.32. The second-order valence-corrected chi connectivity index (χ2v) is 6.34. The quantitative estimate of drug-likeness (QED) is 0.650. The Kier molecular flexibility index (Phi) is 5.35. The van der Waals surface area contributed by atoms with Gasteiger partial charge in [0.2, 0.25) is 0 Å². The molecule has 0 radical (unpaired) electrons. The molecule has 0 aliphatic carbocycles. The van der Waals surface area contributed by atoms with Crippen LogP contribution in [0, 0.1) is 0 Å². The van der Waals surface area contributed by atoms with Crippen molar-refractivity contribution < 1.29 is 24.3 Å². The van der Waals surface area contributed by atoms with Gasteiger partial charge in [-0.2, -0.15) is 0 Å². The highest BCUT2D eigenvalue weighted by Crippen LogP contribution is 2.20. The lowest BCUT2D eigenvalue weighted by Crippen LogP contribution is -2.32. The Hall–Kier alpha value is -3.41. The minimum absolute atomic E-state index is 0.0298. The molecule has 0 saturated carbocycles. The number of allylic oxidation sites excluding steroid dienone is 1. The minimum atomic E-state index is -0.651. The van der Waals surface area contributed by atoms with Gasteiger partial charge in [0, 0.05) is 12.8 Å². The summed E-state index contributed by atoms with van der Waals surface area (Å²) in [5, 5.41) is 9.91. The Morgan fingerprint density at radius 1 is 1.04 bits per heavy atom. The van der Waals surface area contributed by atoms with Crippen molar-refractivity contribution in [2.24, 2.45) is 0 Å².